The molecule has 3 aromatic carbocycles. The van der Waals surface area contributed by atoms with Crippen LogP contribution in [0.3, 0.4) is 0 Å². The van der Waals surface area contributed by atoms with E-state index in [-0.39, 0.29) is 22.8 Å². The van der Waals surface area contributed by atoms with Crippen molar-refractivity contribution in [3.05, 3.63) is 84.4 Å². The number of nitrogens with one attached hydrogen (secondary N) is 3. The van der Waals surface area contributed by atoms with E-state index in [0.29, 0.717) is 5.69 Å². The summed E-state index contributed by atoms with van der Waals surface area (Å²) in [4.78, 5) is 12.2. The van der Waals surface area contributed by atoms with E-state index in [4.69, 9.17) is 0 Å². The molecule has 0 heterocycles. The minimum Gasteiger partial charge on any atom is -0.376 e. The first kappa shape index (κ1) is 22.2. The van der Waals surface area contributed by atoms with Crippen molar-refractivity contribution in [2.24, 2.45) is 0 Å². The summed E-state index contributed by atoms with van der Waals surface area (Å²) in [5.41, 5.74) is -0.109. The molecule has 3 aromatic rings. The predicted octanol–water partition coefficient (Wildman–Crippen LogP) is 4.56. The standard InChI is InChI=1S/C21H18F3N3O3S/c22-21(23,24)15-6-4-7-16(12-15)25-14-20(28)26-17-8-5-9-18(13-17)27-31(29,30)19-10-2-1-3-11-19/h1-13,25,27H,14H2,(H,26,28). The molecule has 0 aliphatic carbocycles. The molecule has 0 spiro atoms. The summed E-state index contributed by atoms with van der Waals surface area (Å²) in [5, 5.41) is 5.19. The number of anilines is 3. The summed E-state index contributed by atoms with van der Waals surface area (Å²) in [6, 6.07) is 18.4. The van der Waals surface area contributed by atoms with Gasteiger partial charge in [-0.05, 0) is 48.5 Å². The quantitative estimate of drug-likeness (QED) is 0.494. The van der Waals surface area contributed by atoms with Gasteiger partial charge in [-0.25, -0.2) is 8.42 Å². The van der Waals surface area contributed by atoms with E-state index in [9.17, 15) is 26.4 Å². The molecule has 1 amide bonds. The summed E-state index contributed by atoms with van der Waals surface area (Å²) in [5.74, 6) is -0.513. The van der Waals surface area contributed by atoms with Crippen LogP contribution in [0.15, 0.2) is 83.8 Å². The van der Waals surface area contributed by atoms with Crippen molar-refractivity contribution >= 4 is 33.0 Å². The molecule has 3 N–H and O–H groups in total. The summed E-state index contributed by atoms with van der Waals surface area (Å²) in [6.07, 6.45) is -4.48. The third-order valence-corrected chi connectivity index (χ3v) is 5.49. The lowest BCUT2D eigenvalue weighted by molar-refractivity contribution is -0.137. The van der Waals surface area contributed by atoms with Crippen LogP contribution in [0.25, 0.3) is 0 Å². The molecule has 0 aliphatic heterocycles. The summed E-state index contributed by atoms with van der Waals surface area (Å²) >= 11 is 0. The average Bonchev–Trinajstić information content (AvgIpc) is 2.72. The first-order valence-electron chi connectivity index (χ1n) is 9.02. The lowest BCUT2D eigenvalue weighted by Gasteiger charge is -2.12. The zero-order chi connectivity index (χ0) is 22.5. The Hall–Kier alpha value is -3.53. The van der Waals surface area contributed by atoms with Gasteiger partial charge in [0.15, 0.2) is 0 Å². The molecule has 0 unspecified atom stereocenters. The fraction of sp³-hybridized carbons (Fsp3) is 0.0952. The summed E-state index contributed by atoms with van der Waals surface area (Å²) in [6.45, 7) is -0.277. The smallest absolute Gasteiger partial charge is 0.376 e. The summed E-state index contributed by atoms with van der Waals surface area (Å²) in [7, 11) is -3.79. The van der Waals surface area contributed by atoms with Crippen LogP contribution in [0.2, 0.25) is 0 Å². The zero-order valence-corrected chi connectivity index (χ0v) is 16.8. The van der Waals surface area contributed by atoms with Crippen LogP contribution in [-0.4, -0.2) is 20.9 Å². The maximum atomic E-state index is 12.8. The second-order valence-electron chi connectivity index (χ2n) is 6.48. The Kier molecular flexibility index (Phi) is 6.50. The van der Waals surface area contributed by atoms with Gasteiger partial charge in [0, 0.05) is 11.4 Å². The fourth-order valence-electron chi connectivity index (χ4n) is 2.67. The minimum absolute atomic E-state index is 0.0923. The third-order valence-electron chi connectivity index (χ3n) is 4.10. The Labute approximate surface area is 177 Å². The number of hydrogen-bond acceptors (Lipinski definition) is 4. The molecule has 0 saturated heterocycles. The van der Waals surface area contributed by atoms with Crippen molar-refractivity contribution in [3.63, 3.8) is 0 Å². The van der Waals surface area contributed by atoms with Crippen molar-refractivity contribution in [1.82, 2.24) is 0 Å². The molecule has 0 atom stereocenters. The van der Waals surface area contributed by atoms with E-state index in [1.807, 2.05) is 0 Å². The first-order valence-corrected chi connectivity index (χ1v) is 10.5. The van der Waals surface area contributed by atoms with Crippen molar-refractivity contribution in [2.45, 2.75) is 11.1 Å². The Balaban J connectivity index is 1.61. The molecular weight excluding hydrogens is 431 g/mol. The number of alkyl halides is 3. The Bertz CT molecular complexity index is 1170. The molecule has 0 aromatic heterocycles. The number of carbonyl (C=O) groups is 1. The average molecular weight is 449 g/mol. The van der Waals surface area contributed by atoms with E-state index in [2.05, 4.69) is 15.4 Å². The van der Waals surface area contributed by atoms with E-state index >= 15 is 0 Å². The van der Waals surface area contributed by atoms with Gasteiger partial charge >= 0.3 is 6.18 Å². The zero-order valence-electron chi connectivity index (χ0n) is 16.0. The van der Waals surface area contributed by atoms with Crippen LogP contribution in [0.5, 0.6) is 0 Å². The van der Waals surface area contributed by atoms with Gasteiger partial charge in [-0.15, -0.1) is 0 Å². The summed E-state index contributed by atoms with van der Waals surface area (Å²) < 4.78 is 65.5. The van der Waals surface area contributed by atoms with Crippen LogP contribution in [-0.2, 0) is 21.0 Å². The fourth-order valence-corrected chi connectivity index (χ4v) is 3.74. The second-order valence-corrected chi connectivity index (χ2v) is 8.16. The number of sulfonamides is 1. The van der Waals surface area contributed by atoms with Gasteiger partial charge in [0.1, 0.15) is 0 Å². The van der Waals surface area contributed by atoms with Crippen LogP contribution in [0.4, 0.5) is 30.2 Å². The first-order chi connectivity index (χ1) is 14.6. The highest BCUT2D eigenvalue weighted by Crippen LogP contribution is 2.30. The SMILES string of the molecule is O=C(CNc1cccc(C(F)(F)F)c1)Nc1cccc(NS(=O)(=O)c2ccccc2)c1. The van der Waals surface area contributed by atoms with Crippen LogP contribution >= 0.6 is 0 Å². The van der Waals surface area contributed by atoms with Crippen molar-refractivity contribution in [2.75, 3.05) is 21.9 Å². The second kappa shape index (κ2) is 9.09. The number of hydrogen-bond donors (Lipinski definition) is 3. The number of carbonyl (C=O) groups excluding carboxylic acids is 1. The molecule has 10 heteroatoms. The van der Waals surface area contributed by atoms with Gasteiger partial charge in [0.25, 0.3) is 10.0 Å². The molecule has 0 radical (unpaired) electrons. The predicted molar refractivity (Wildman–Crippen MR) is 112 cm³/mol. The van der Waals surface area contributed by atoms with E-state index in [1.54, 1.807) is 30.3 Å². The number of halogens is 3. The van der Waals surface area contributed by atoms with Gasteiger partial charge < -0.3 is 10.6 Å². The van der Waals surface area contributed by atoms with E-state index < -0.39 is 27.7 Å². The van der Waals surface area contributed by atoms with Crippen LogP contribution in [0.1, 0.15) is 5.56 Å². The van der Waals surface area contributed by atoms with Crippen LogP contribution < -0.4 is 15.4 Å². The topological polar surface area (TPSA) is 87.3 Å². The Morgan fingerprint density at radius 1 is 0.806 bits per heavy atom. The molecule has 0 aliphatic rings. The lowest BCUT2D eigenvalue weighted by Crippen LogP contribution is -2.22. The minimum atomic E-state index is -4.48. The molecule has 3 rings (SSSR count). The molecule has 0 bridgehead atoms. The van der Waals surface area contributed by atoms with Crippen molar-refractivity contribution in [3.8, 4) is 0 Å². The van der Waals surface area contributed by atoms with Gasteiger partial charge in [-0.3, -0.25) is 9.52 Å². The van der Waals surface area contributed by atoms with Crippen molar-refractivity contribution < 1.29 is 26.4 Å². The van der Waals surface area contributed by atoms with E-state index in [1.165, 1.54) is 36.4 Å². The number of rotatable bonds is 7. The highest BCUT2D eigenvalue weighted by Gasteiger charge is 2.30. The number of benzene rings is 3. The van der Waals surface area contributed by atoms with Gasteiger partial charge in [-0.1, -0.05) is 30.3 Å². The largest absolute Gasteiger partial charge is 0.416 e. The van der Waals surface area contributed by atoms with Crippen molar-refractivity contribution in [1.29, 1.82) is 0 Å². The molecule has 0 saturated carbocycles. The van der Waals surface area contributed by atoms with Gasteiger partial charge in [-0.2, -0.15) is 13.2 Å². The normalized spacial score (nSPS) is 11.6. The Morgan fingerprint density at radius 2 is 1.45 bits per heavy atom. The highest BCUT2D eigenvalue weighted by molar-refractivity contribution is 7.92. The third kappa shape index (κ3) is 6.22. The maximum absolute atomic E-state index is 12.8. The monoisotopic (exact) mass is 449 g/mol. The highest BCUT2D eigenvalue weighted by atomic mass is 32.2. The van der Waals surface area contributed by atoms with Gasteiger partial charge in [0.2, 0.25) is 5.91 Å². The lowest BCUT2D eigenvalue weighted by atomic mass is 10.2. The van der Waals surface area contributed by atoms with Crippen LogP contribution in [0, 0.1) is 0 Å². The molecule has 162 valence electrons. The molecule has 0 fully saturated rings. The maximum Gasteiger partial charge on any atom is 0.416 e. The molecular formula is C21H18F3N3O3S. The molecule has 31 heavy (non-hydrogen) atoms. The van der Waals surface area contributed by atoms with E-state index in [0.717, 1.165) is 12.1 Å². The molecule has 6 nitrogen and oxygen atoms in total. The van der Waals surface area contributed by atoms with Gasteiger partial charge in [0.05, 0.1) is 22.7 Å². The number of amides is 1. The Morgan fingerprint density at radius 3 is 2.16 bits per heavy atom.